The Bertz CT molecular complexity index is 226. The Labute approximate surface area is 123 Å². The van der Waals surface area contributed by atoms with E-state index in [9.17, 15) is 4.79 Å². The van der Waals surface area contributed by atoms with E-state index in [0.29, 0.717) is 6.54 Å². The summed E-state index contributed by atoms with van der Waals surface area (Å²) in [4.78, 5) is 13.3. The highest BCUT2D eigenvalue weighted by atomic mass is 16.2. The minimum atomic E-state index is 0.141. The minimum absolute atomic E-state index is 0.141. The fourth-order valence-corrected chi connectivity index (χ4v) is 1.92. The van der Waals surface area contributed by atoms with Crippen molar-refractivity contribution in [1.29, 1.82) is 0 Å². The summed E-state index contributed by atoms with van der Waals surface area (Å²) in [7, 11) is 0. The molecule has 0 radical (unpaired) electrons. The zero-order chi connectivity index (χ0) is 15.1. The number of amides is 1. The van der Waals surface area contributed by atoms with E-state index in [1.54, 1.807) is 6.92 Å². The van der Waals surface area contributed by atoms with Gasteiger partial charge in [0.25, 0.3) is 0 Å². The lowest BCUT2D eigenvalue weighted by atomic mass is 10.3. The van der Waals surface area contributed by atoms with E-state index in [1.165, 1.54) is 0 Å². The first-order valence-corrected chi connectivity index (χ1v) is 7.79. The van der Waals surface area contributed by atoms with Gasteiger partial charge in [-0.05, 0) is 65.0 Å². The van der Waals surface area contributed by atoms with E-state index >= 15 is 0 Å². The van der Waals surface area contributed by atoms with E-state index in [-0.39, 0.29) is 5.91 Å². The highest BCUT2D eigenvalue weighted by molar-refractivity contribution is 5.73. The number of carbonyl (C=O) groups excluding carboxylic acids is 1. The predicted octanol–water partition coefficient (Wildman–Crippen LogP) is -0.508. The van der Waals surface area contributed by atoms with Crippen LogP contribution in [0.3, 0.4) is 0 Å². The molecule has 0 heterocycles. The molecule has 6 N–H and O–H groups in total. The molecule has 120 valence electrons. The van der Waals surface area contributed by atoms with Crippen LogP contribution in [0, 0.1) is 0 Å². The molecule has 0 fully saturated rings. The van der Waals surface area contributed by atoms with Crippen LogP contribution in [-0.2, 0) is 4.79 Å². The van der Waals surface area contributed by atoms with Gasteiger partial charge in [-0.2, -0.15) is 0 Å². The smallest absolute Gasteiger partial charge is 0.219 e. The maximum Gasteiger partial charge on any atom is 0.219 e. The fraction of sp³-hybridized carbons (Fsp3) is 0.929. The number of hydrogen-bond donors (Lipinski definition) is 4. The normalized spacial score (nSPS) is 10.8. The number of nitrogens with zero attached hydrogens (tertiary/aromatic N) is 1. The summed E-state index contributed by atoms with van der Waals surface area (Å²) in [6, 6.07) is 0. The van der Waals surface area contributed by atoms with Crippen LogP contribution >= 0.6 is 0 Å². The molecule has 0 bridgehead atoms. The van der Waals surface area contributed by atoms with Crippen molar-refractivity contribution in [2.75, 3.05) is 52.4 Å². The van der Waals surface area contributed by atoms with Crippen LogP contribution < -0.4 is 22.1 Å². The number of nitrogens with two attached hydrogens (primary N) is 2. The standard InChI is InChI=1S/C14H33N5O/c1-14(20)19(12-3-7-16)13-5-11-18-10-4-9-17-8-2-6-15/h17-18H,2-13,15-16H2,1H3. The average molecular weight is 287 g/mol. The number of carbonyl (C=O) groups is 1. The van der Waals surface area contributed by atoms with Crippen molar-refractivity contribution in [3.05, 3.63) is 0 Å². The molecule has 0 atom stereocenters. The van der Waals surface area contributed by atoms with E-state index in [0.717, 1.165) is 71.5 Å². The van der Waals surface area contributed by atoms with Crippen molar-refractivity contribution in [3.63, 3.8) is 0 Å². The van der Waals surface area contributed by atoms with E-state index in [4.69, 9.17) is 11.5 Å². The second kappa shape index (κ2) is 14.7. The molecule has 0 aliphatic carbocycles. The molecule has 0 saturated heterocycles. The van der Waals surface area contributed by atoms with Crippen molar-refractivity contribution < 1.29 is 4.79 Å². The molecule has 0 spiro atoms. The summed E-state index contributed by atoms with van der Waals surface area (Å²) in [6.07, 6.45) is 4.03. The van der Waals surface area contributed by atoms with Gasteiger partial charge in [0.05, 0.1) is 0 Å². The molecule has 20 heavy (non-hydrogen) atoms. The summed E-state index contributed by atoms with van der Waals surface area (Å²) in [6.45, 7) is 8.61. The highest BCUT2D eigenvalue weighted by Gasteiger charge is 2.06. The molecule has 6 heteroatoms. The van der Waals surface area contributed by atoms with Crippen LogP contribution in [0.15, 0.2) is 0 Å². The van der Waals surface area contributed by atoms with Gasteiger partial charge in [0, 0.05) is 20.0 Å². The quantitative estimate of drug-likeness (QED) is 0.323. The summed E-state index contributed by atoms with van der Waals surface area (Å²) >= 11 is 0. The Balaban J connectivity index is 3.34. The van der Waals surface area contributed by atoms with Gasteiger partial charge in [-0.25, -0.2) is 0 Å². The average Bonchev–Trinajstić information content (AvgIpc) is 2.43. The van der Waals surface area contributed by atoms with Gasteiger partial charge in [0.2, 0.25) is 5.91 Å². The molecule has 0 saturated carbocycles. The van der Waals surface area contributed by atoms with E-state index < -0.39 is 0 Å². The topological polar surface area (TPSA) is 96.4 Å². The van der Waals surface area contributed by atoms with Crippen LogP contribution in [0.5, 0.6) is 0 Å². The first-order valence-electron chi connectivity index (χ1n) is 7.79. The molecule has 0 aliphatic heterocycles. The molecular formula is C14H33N5O. The van der Waals surface area contributed by atoms with Gasteiger partial charge < -0.3 is 27.0 Å². The number of hydrogen-bond acceptors (Lipinski definition) is 5. The lowest BCUT2D eigenvalue weighted by Crippen LogP contribution is -2.33. The third-order valence-corrected chi connectivity index (χ3v) is 3.12. The summed E-state index contributed by atoms with van der Waals surface area (Å²) in [5.74, 6) is 0.141. The lowest BCUT2D eigenvalue weighted by molar-refractivity contribution is -0.128. The van der Waals surface area contributed by atoms with Gasteiger partial charge in [-0.3, -0.25) is 4.79 Å². The number of nitrogens with one attached hydrogen (secondary N) is 2. The van der Waals surface area contributed by atoms with Crippen LogP contribution in [-0.4, -0.2) is 63.2 Å². The molecular weight excluding hydrogens is 254 g/mol. The van der Waals surface area contributed by atoms with E-state index in [1.807, 2.05) is 4.90 Å². The largest absolute Gasteiger partial charge is 0.343 e. The molecule has 0 aromatic heterocycles. The van der Waals surface area contributed by atoms with Crippen molar-refractivity contribution in [2.24, 2.45) is 11.5 Å². The lowest BCUT2D eigenvalue weighted by Gasteiger charge is -2.20. The van der Waals surface area contributed by atoms with Crippen LogP contribution in [0.25, 0.3) is 0 Å². The van der Waals surface area contributed by atoms with Crippen LogP contribution in [0.2, 0.25) is 0 Å². The molecule has 0 aliphatic rings. The van der Waals surface area contributed by atoms with Gasteiger partial charge in [0.15, 0.2) is 0 Å². The van der Waals surface area contributed by atoms with Crippen LogP contribution in [0.1, 0.15) is 32.6 Å². The molecule has 0 aromatic rings. The zero-order valence-electron chi connectivity index (χ0n) is 13.0. The van der Waals surface area contributed by atoms with Gasteiger partial charge >= 0.3 is 0 Å². The molecule has 1 amide bonds. The first kappa shape index (κ1) is 19.3. The van der Waals surface area contributed by atoms with Crippen molar-refractivity contribution in [3.8, 4) is 0 Å². The molecule has 0 rings (SSSR count). The molecule has 0 aromatic carbocycles. The minimum Gasteiger partial charge on any atom is -0.343 e. The number of rotatable bonds is 14. The second-order valence-electron chi connectivity index (χ2n) is 5.00. The third-order valence-electron chi connectivity index (χ3n) is 3.12. The highest BCUT2D eigenvalue weighted by Crippen LogP contribution is 1.94. The summed E-state index contributed by atoms with van der Waals surface area (Å²) in [5, 5.41) is 6.75. The molecule has 6 nitrogen and oxygen atoms in total. The monoisotopic (exact) mass is 287 g/mol. The van der Waals surface area contributed by atoms with Crippen molar-refractivity contribution in [1.82, 2.24) is 15.5 Å². The Hall–Kier alpha value is -0.690. The maximum absolute atomic E-state index is 11.4. The van der Waals surface area contributed by atoms with Gasteiger partial charge in [-0.1, -0.05) is 0 Å². The molecule has 0 unspecified atom stereocenters. The van der Waals surface area contributed by atoms with Crippen molar-refractivity contribution >= 4 is 5.91 Å². The third kappa shape index (κ3) is 12.3. The van der Waals surface area contributed by atoms with Crippen LogP contribution in [0.4, 0.5) is 0 Å². The Kier molecular flexibility index (Phi) is 14.2. The SMILES string of the molecule is CC(=O)N(CCCN)CCCNCCCNCCCN. The predicted molar refractivity (Wildman–Crippen MR) is 84.6 cm³/mol. The fourth-order valence-electron chi connectivity index (χ4n) is 1.92. The zero-order valence-corrected chi connectivity index (χ0v) is 13.0. The van der Waals surface area contributed by atoms with Gasteiger partial charge in [0.1, 0.15) is 0 Å². The Morgan fingerprint density at radius 3 is 1.90 bits per heavy atom. The van der Waals surface area contributed by atoms with Crippen molar-refractivity contribution in [2.45, 2.75) is 32.6 Å². The van der Waals surface area contributed by atoms with Gasteiger partial charge in [-0.15, -0.1) is 0 Å². The van der Waals surface area contributed by atoms with E-state index in [2.05, 4.69) is 10.6 Å². The maximum atomic E-state index is 11.4. The second-order valence-corrected chi connectivity index (χ2v) is 5.00. The summed E-state index contributed by atoms with van der Waals surface area (Å²) < 4.78 is 0. The summed E-state index contributed by atoms with van der Waals surface area (Å²) in [5.41, 5.74) is 10.9. The Morgan fingerprint density at radius 2 is 1.35 bits per heavy atom. The first-order chi connectivity index (χ1) is 9.72. The Morgan fingerprint density at radius 1 is 0.850 bits per heavy atom.